The molecule has 0 heterocycles. The van der Waals surface area contributed by atoms with Crippen molar-refractivity contribution in [2.45, 2.75) is 19.4 Å². The fourth-order valence-corrected chi connectivity index (χ4v) is 2.52. The highest BCUT2D eigenvalue weighted by Crippen LogP contribution is 2.31. The maximum absolute atomic E-state index is 12.3. The summed E-state index contributed by atoms with van der Waals surface area (Å²) in [7, 11) is 3.05. The average Bonchev–Trinajstić information content (AvgIpc) is 2.46. The molecule has 0 bridgehead atoms. The lowest BCUT2D eigenvalue weighted by atomic mass is 10.1. The Morgan fingerprint density at radius 1 is 1.40 bits per heavy atom. The van der Waals surface area contributed by atoms with Gasteiger partial charge in [-0.1, -0.05) is 6.92 Å². The van der Waals surface area contributed by atoms with Crippen LogP contribution in [0.4, 0.5) is 5.69 Å². The summed E-state index contributed by atoms with van der Waals surface area (Å²) in [6.07, 6.45) is 2.88. The minimum absolute atomic E-state index is 0.120. The molecule has 5 nitrogen and oxygen atoms in total. The first kappa shape index (κ1) is 16.5. The summed E-state index contributed by atoms with van der Waals surface area (Å²) in [4.78, 5) is 12.3. The summed E-state index contributed by atoms with van der Waals surface area (Å²) in [6, 6.07) is 3.40. The molecule has 0 spiro atoms. The molecule has 1 atom stereocenters. The number of amides is 1. The van der Waals surface area contributed by atoms with Gasteiger partial charge in [0.25, 0.3) is 5.91 Å². The molecule has 0 aliphatic carbocycles. The van der Waals surface area contributed by atoms with Crippen molar-refractivity contribution in [3.63, 3.8) is 0 Å². The molecule has 1 aromatic carbocycles. The number of hydrogen-bond acceptors (Lipinski definition) is 5. The van der Waals surface area contributed by atoms with Gasteiger partial charge in [-0.15, -0.1) is 0 Å². The molecule has 112 valence electrons. The van der Waals surface area contributed by atoms with Crippen LogP contribution in [-0.2, 0) is 0 Å². The number of carbonyl (C=O) groups is 1. The monoisotopic (exact) mass is 298 g/mol. The third-order valence-electron chi connectivity index (χ3n) is 3.01. The Morgan fingerprint density at radius 2 is 2.10 bits per heavy atom. The molecular formula is C14H22N2O3S. The molecule has 3 N–H and O–H groups in total. The summed E-state index contributed by atoms with van der Waals surface area (Å²) in [5.41, 5.74) is 6.66. The molecule has 0 aromatic heterocycles. The van der Waals surface area contributed by atoms with E-state index in [1.165, 1.54) is 14.2 Å². The Bertz CT molecular complexity index is 466. The van der Waals surface area contributed by atoms with Crippen LogP contribution in [0, 0.1) is 0 Å². The second-order valence-electron chi connectivity index (χ2n) is 4.32. The number of thioether (sulfide) groups is 1. The summed E-state index contributed by atoms with van der Waals surface area (Å²) in [5, 5.41) is 2.98. The van der Waals surface area contributed by atoms with Crippen LogP contribution in [-0.4, -0.2) is 38.2 Å². The van der Waals surface area contributed by atoms with E-state index >= 15 is 0 Å². The summed E-state index contributed by atoms with van der Waals surface area (Å²) in [5.74, 6) is 1.63. The van der Waals surface area contributed by atoms with Gasteiger partial charge in [-0.2, -0.15) is 11.8 Å². The van der Waals surface area contributed by atoms with Crippen LogP contribution in [0.15, 0.2) is 12.1 Å². The fraction of sp³-hybridized carbons (Fsp3) is 0.500. The van der Waals surface area contributed by atoms with Gasteiger partial charge in [-0.3, -0.25) is 4.79 Å². The zero-order chi connectivity index (χ0) is 15.1. The van der Waals surface area contributed by atoms with Crippen LogP contribution in [0.5, 0.6) is 11.5 Å². The van der Waals surface area contributed by atoms with Crippen molar-refractivity contribution in [1.82, 2.24) is 5.32 Å². The van der Waals surface area contributed by atoms with E-state index in [0.29, 0.717) is 22.7 Å². The number of hydrogen-bond donors (Lipinski definition) is 2. The highest BCUT2D eigenvalue weighted by Gasteiger charge is 2.18. The number of anilines is 1. The van der Waals surface area contributed by atoms with Crippen molar-refractivity contribution in [3.05, 3.63) is 17.7 Å². The first-order valence-electron chi connectivity index (χ1n) is 6.38. The van der Waals surface area contributed by atoms with Crippen LogP contribution in [0.1, 0.15) is 23.7 Å². The van der Waals surface area contributed by atoms with Gasteiger partial charge >= 0.3 is 0 Å². The second-order valence-corrected chi connectivity index (χ2v) is 5.24. The standard InChI is InChI=1S/C14H22N2O3S/c1-5-9(8-20-4)16-14(17)11-6-10(18-2)7-12(19-3)13(11)15/h6-7,9H,5,8,15H2,1-4H3,(H,16,17). The van der Waals surface area contributed by atoms with Crippen molar-refractivity contribution in [2.24, 2.45) is 0 Å². The molecule has 0 radical (unpaired) electrons. The predicted octanol–water partition coefficient (Wildman–Crippen LogP) is 2.16. The number of nitrogens with two attached hydrogens (primary N) is 1. The van der Waals surface area contributed by atoms with E-state index in [0.717, 1.165) is 12.2 Å². The predicted molar refractivity (Wildman–Crippen MR) is 83.9 cm³/mol. The summed E-state index contributed by atoms with van der Waals surface area (Å²) >= 11 is 1.70. The van der Waals surface area contributed by atoms with Crippen molar-refractivity contribution in [2.75, 3.05) is 32.0 Å². The molecule has 0 aliphatic heterocycles. The van der Waals surface area contributed by atoms with Crippen molar-refractivity contribution in [1.29, 1.82) is 0 Å². The smallest absolute Gasteiger partial charge is 0.253 e. The number of methoxy groups -OCH3 is 2. The largest absolute Gasteiger partial charge is 0.497 e. The zero-order valence-corrected chi connectivity index (χ0v) is 13.2. The maximum atomic E-state index is 12.3. The quantitative estimate of drug-likeness (QED) is 0.755. The zero-order valence-electron chi connectivity index (χ0n) is 12.4. The van der Waals surface area contributed by atoms with Gasteiger partial charge in [0.15, 0.2) is 0 Å². The Morgan fingerprint density at radius 3 is 2.60 bits per heavy atom. The molecule has 1 rings (SSSR count). The Balaban J connectivity index is 3.02. The van der Waals surface area contributed by atoms with Gasteiger partial charge in [0, 0.05) is 17.9 Å². The molecule has 0 aliphatic rings. The highest BCUT2D eigenvalue weighted by atomic mass is 32.2. The van der Waals surface area contributed by atoms with Crippen LogP contribution in [0.25, 0.3) is 0 Å². The Hall–Kier alpha value is -1.56. The topological polar surface area (TPSA) is 73.6 Å². The third kappa shape index (κ3) is 3.96. The van der Waals surface area contributed by atoms with Crippen molar-refractivity contribution >= 4 is 23.4 Å². The first-order chi connectivity index (χ1) is 9.57. The van der Waals surface area contributed by atoms with Gasteiger partial charge in [0.05, 0.1) is 25.5 Å². The SMILES string of the molecule is CCC(CSC)NC(=O)c1cc(OC)cc(OC)c1N. The molecular weight excluding hydrogens is 276 g/mol. The van der Waals surface area contributed by atoms with Gasteiger partial charge in [0.1, 0.15) is 11.5 Å². The van der Waals surface area contributed by atoms with Gasteiger partial charge in [-0.25, -0.2) is 0 Å². The molecule has 0 fully saturated rings. The third-order valence-corrected chi connectivity index (χ3v) is 3.75. The van der Waals surface area contributed by atoms with Crippen LogP contribution in [0.3, 0.4) is 0 Å². The minimum atomic E-state index is -0.208. The lowest BCUT2D eigenvalue weighted by Gasteiger charge is -2.18. The van der Waals surface area contributed by atoms with Gasteiger partial charge < -0.3 is 20.5 Å². The van der Waals surface area contributed by atoms with E-state index < -0.39 is 0 Å². The lowest BCUT2D eigenvalue weighted by Crippen LogP contribution is -2.36. The number of ether oxygens (including phenoxy) is 2. The lowest BCUT2D eigenvalue weighted by molar-refractivity contribution is 0.0940. The molecule has 1 aromatic rings. The van der Waals surface area contributed by atoms with Gasteiger partial charge in [-0.05, 0) is 18.7 Å². The number of rotatable bonds is 7. The Kier molecular flexibility index (Phi) is 6.51. The van der Waals surface area contributed by atoms with Crippen LogP contribution in [0.2, 0.25) is 0 Å². The van der Waals surface area contributed by atoms with Crippen molar-refractivity contribution in [3.8, 4) is 11.5 Å². The minimum Gasteiger partial charge on any atom is -0.497 e. The van der Waals surface area contributed by atoms with Crippen molar-refractivity contribution < 1.29 is 14.3 Å². The van der Waals surface area contributed by atoms with E-state index in [-0.39, 0.29) is 11.9 Å². The highest BCUT2D eigenvalue weighted by molar-refractivity contribution is 7.98. The summed E-state index contributed by atoms with van der Waals surface area (Å²) < 4.78 is 10.3. The van der Waals surface area contributed by atoms with E-state index in [9.17, 15) is 4.79 Å². The molecule has 0 saturated heterocycles. The molecule has 20 heavy (non-hydrogen) atoms. The molecule has 1 unspecified atom stereocenters. The molecule has 1 amide bonds. The first-order valence-corrected chi connectivity index (χ1v) is 7.78. The second kappa shape index (κ2) is 7.89. The number of nitrogens with one attached hydrogen (secondary N) is 1. The number of carbonyl (C=O) groups excluding carboxylic acids is 1. The number of benzene rings is 1. The average molecular weight is 298 g/mol. The maximum Gasteiger partial charge on any atom is 0.253 e. The van der Waals surface area contributed by atoms with E-state index in [1.54, 1.807) is 23.9 Å². The van der Waals surface area contributed by atoms with Gasteiger partial charge in [0.2, 0.25) is 0 Å². The Labute approximate surface area is 124 Å². The molecule has 0 saturated carbocycles. The van der Waals surface area contributed by atoms with Crippen LogP contribution >= 0.6 is 11.8 Å². The summed E-state index contributed by atoms with van der Waals surface area (Å²) in [6.45, 7) is 2.04. The van der Waals surface area contributed by atoms with E-state index in [4.69, 9.17) is 15.2 Å². The molecule has 6 heteroatoms. The number of nitrogen functional groups attached to an aromatic ring is 1. The van der Waals surface area contributed by atoms with E-state index in [1.807, 2.05) is 13.2 Å². The van der Waals surface area contributed by atoms with Crippen LogP contribution < -0.4 is 20.5 Å². The fourth-order valence-electron chi connectivity index (χ4n) is 1.80. The van der Waals surface area contributed by atoms with E-state index in [2.05, 4.69) is 5.32 Å². The normalized spacial score (nSPS) is 11.8.